The quantitative estimate of drug-likeness (QED) is 0.597. The molecule has 0 unspecified atom stereocenters. The zero-order valence-corrected chi connectivity index (χ0v) is 9.57. The summed E-state index contributed by atoms with van der Waals surface area (Å²) in [5.41, 5.74) is 1.79. The number of halogens is 1. The van der Waals surface area contributed by atoms with E-state index in [0.29, 0.717) is 12.5 Å². The summed E-state index contributed by atoms with van der Waals surface area (Å²) >= 11 is 5.62. The number of hydrogen-bond acceptors (Lipinski definition) is 2. The second-order valence-electron chi connectivity index (χ2n) is 3.53. The molecule has 2 nitrogen and oxygen atoms in total. The molecule has 0 aliphatic rings. The van der Waals surface area contributed by atoms with Gasteiger partial charge in [-0.05, 0) is 23.8 Å². The highest BCUT2D eigenvalue weighted by molar-refractivity contribution is 6.19. The fourth-order valence-electron chi connectivity index (χ4n) is 1.36. The van der Waals surface area contributed by atoms with Gasteiger partial charge in [0.25, 0.3) is 0 Å². The first-order valence-electron chi connectivity index (χ1n) is 5.00. The first-order valence-corrected chi connectivity index (χ1v) is 5.53. The maximum Gasteiger partial charge on any atom is 0.121 e. The lowest BCUT2D eigenvalue weighted by atomic mass is 10.2. The van der Waals surface area contributed by atoms with Gasteiger partial charge in [0.1, 0.15) is 12.4 Å². The van der Waals surface area contributed by atoms with Gasteiger partial charge in [-0.25, -0.2) is 0 Å². The molecule has 82 valence electrons. The van der Waals surface area contributed by atoms with Crippen LogP contribution in [0.3, 0.4) is 0 Å². The van der Waals surface area contributed by atoms with E-state index in [9.17, 15) is 0 Å². The summed E-state index contributed by atoms with van der Waals surface area (Å²) in [6.07, 6.45) is 1.77. The smallest absolute Gasteiger partial charge is 0.121 e. The van der Waals surface area contributed by atoms with Gasteiger partial charge in [-0.2, -0.15) is 0 Å². The minimum Gasteiger partial charge on any atom is -0.489 e. The summed E-state index contributed by atoms with van der Waals surface area (Å²) in [6.45, 7) is 4.22. The Morgan fingerprint density at radius 1 is 1.38 bits per heavy atom. The first kappa shape index (κ1) is 11.0. The first-order chi connectivity index (χ1) is 7.79. The number of hydrogen-bond donors (Lipinski definition) is 0. The van der Waals surface area contributed by atoms with Crippen LogP contribution >= 0.6 is 11.6 Å². The lowest BCUT2D eigenvalue weighted by molar-refractivity contribution is 0.353. The molecule has 2 aromatic rings. The van der Waals surface area contributed by atoms with Gasteiger partial charge in [0.2, 0.25) is 0 Å². The van der Waals surface area contributed by atoms with E-state index in [2.05, 4.69) is 11.6 Å². The Labute approximate surface area is 99.5 Å². The van der Waals surface area contributed by atoms with Gasteiger partial charge in [-0.15, -0.1) is 11.6 Å². The number of rotatable bonds is 4. The van der Waals surface area contributed by atoms with E-state index >= 15 is 0 Å². The molecule has 0 N–H and O–H groups in total. The summed E-state index contributed by atoms with van der Waals surface area (Å²) in [4.78, 5) is 4.26. The third-order valence-electron chi connectivity index (χ3n) is 2.21. The molecular formula is C13H12ClNO. The summed E-state index contributed by atoms with van der Waals surface area (Å²) < 4.78 is 5.54. The molecule has 0 amide bonds. The van der Waals surface area contributed by atoms with Crippen molar-refractivity contribution in [2.24, 2.45) is 0 Å². The Morgan fingerprint density at radius 3 is 3.06 bits per heavy atom. The maximum atomic E-state index is 5.62. The molecule has 1 aromatic carbocycles. The Kier molecular flexibility index (Phi) is 3.42. The topological polar surface area (TPSA) is 22.1 Å². The van der Waals surface area contributed by atoms with Crippen molar-refractivity contribution in [2.45, 2.75) is 0 Å². The molecule has 16 heavy (non-hydrogen) atoms. The van der Waals surface area contributed by atoms with Gasteiger partial charge in [-0.3, -0.25) is 4.98 Å². The van der Waals surface area contributed by atoms with Gasteiger partial charge in [0, 0.05) is 23.5 Å². The molecule has 0 fully saturated rings. The normalized spacial score (nSPS) is 10.3. The van der Waals surface area contributed by atoms with Crippen LogP contribution in [0.5, 0.6) is 5.75 Å². The van der Waals surface area contributed by atoms with Crippen LogP contribution < -0.4 is 4.74 Å². The fourth-order valence-corrected chi connectivity index (χ4v) is 1.44. The Bertz CT molecular complexity index is 510. The largest absolute Gasteiger partial charge is 0.489 e. The van der Waals surface area contributed by atoms with Crippen molar-refractivity contribution in [1.29, 1.82) is 0 Å². The second kappa shape index (κ2) is 4.99. The number of benzene rings is 1. The zero-order valence-electron chi connectivity index (χ0n) is 8.82. The maximum absolute atomic E-state index is 5.62. The lowest BCUT2D eigenvalue weighted by Crippen LogP contribution is -2.01. The van der Waals surface area contributed by atoms with Crippen molar-refractivity contribution in [1.82, 2.24) is 4.98 Å². The molecule has 0 radical (unpaired) electrons. The Hall–Kier alpha value is -1.54. The molecule has 0 bridgehead atoms. The van der Waals surface area contributed by atoms with Crippen LogP contribution in [0.1, 0.15) is 0 Å². The molecular weight excluding hydrogens is 222 g/mol. The number of nitrogens with zero attached hydrogens (tertiary/aromatic N) is 1. The predicted molar refractivity (Wildman–Crippen MR) is 67.1 cm³/mol. The van der Waals surface area contributed by atoms with E-state index in [1.54, 1.807) is 6.20 Å². The van der Waals surface area contributed by atoms with Crippen LogP contribution in [0.25, 0.3) is 10.9 Å². The van der Waals surface area contributed by atoms with Crippen LogP contribution in [0.15, 0.2) is 48.7 Å². The van der Waals surface area contributed by atoms with Crippen molar-refractivity contribution in [2.75, 3.05) is 12.5 Å². The molecule has 1 aromatic heterocycles. The minimum absolute atomic E-state index is 0.422. The third kappa shape index (κ3) is 2.52. The number of alkyl halides is 1. The molecule has 1 heterocycles. The van der Waals surface area contributed by atoms with Crippen molar-refractivity contribution >= 4 is 22.5 Å². The zero-order chi connectivity index (χ0) is 11.4. The standard InChI is InChI=1S/C13H12ClNO/c1-10(8-14)9-16-12-5-4-11-3-2-6-15-13(11)7-12/h2-7H,1,8-9H2. The molecule has 0 atom stereocenters. The van der Waals surface area contributed by atoms with Crippen LogP contribution in [0.2, 0.25) is 0 Å². The second-order valence-corrected chi connectivity index (χ2v) is 3.80. The summed E-state index contributed by atoms with van der Waals surface area (Å²) in [7, 11) is 0. The highest BCUT2D eigenvalue weighted by atomic mass is 35.5. The molecule has 2 rings (SSSR count). The highest BCUT2D eigenvalue weighted by Gasteiger charge is 1.98. The molecule has 0 aliphatic carbocycles. The van der Waals surface area contributed by atoms with E-state index in [1.807, 2.05) is 30.3 Å². The molecule has 0 saturated heterocycles. The lowest BCUT2D eigenvalue weighted by Gasteiger charge is -2.07. The Morgan fingerprint density at radius 2 is 2.25 bits per heavy atom. The number of pyridine rings is 1. The summed E-state index contributed by atoms with van der Waals surface area (Å²) in [5.74, 6) is 1.21. The van der Waals surface area contributed by atoms with Gasteiger partial charge in [-0.1, -0.05) is 12.6 Å². The van der Waals surface area contributed by atoms with Gasteiger partial charge >= 0.3 is 0 Å². The van der Waals surface area contributed by atoms with E-state index in [0.717, 1.165) is 22.2 Å². The van der Waals surface area contributed by atoms with Crippen molar-refractivity contribution in [3.8, 4) is 5.75 Å². The molecule has 0 aliphatic heterocycles. The van der Waals surface area contributed by atoms with Crippen LogP contribution in [-0.2, 0) is 0 Å². The van der Waals surface area contributed by atoms with Crippen LogP contribution in [-0.4, -0.2) is 17.5 Å². The average molecular weight is 234 g/mol. The molecule has 0 saturated carbocycles. The number of aromatic nitrogens is 1. The van der Waals surface area contributed by atoms with Gasteiger partial charge in [0.15, 0.2) is 0 Å². The predicted octanol–water partition coefficient (Wildman–Crippen LogP) is 3.41. The number of fused-ring (bicyclic) bond motifs is 1. The van der Waals surface area contributed by atoms with Crippen LogP contribution in [0.4, 0.5) is 0 Å². The molecule has 0 spiro atoms. The van der Waals surface area contributed by atoms with Crippen molar-refractivity contribution in [3.63, 3.8) is 0 Å². The summed E-state index contributed by atoms with van der Waals surface area (Å²) in [5, 5.41) is 1.10. The number of ether oxygens (including phenoxy) is 1. The Balaban J connectivity index is 2.16. The van der Waals surface area contributed by atoms with E-state index in [-0.39, 0.29) is 0 Å². The van der Waals surface area contributed by atoms with Crippen molar-refractivity contribution in [3.05, 3.63) is 48.7 Å². The summed E-state index contributed by atoms with van der Waals surface area (Å²) in [6, 6.07) is 9.76. The SMILES string of the molecule is C=C(CCl)COc1ccc2cccnc2c1. The highest BCUT2D eigenvalue weighted by Crippen LogP contribution is 2.19. The fraction of sp³-hybridized carbons (Fsp3) is 0.154. The minimum atomic E-state index is 0.422. The van der Waals surface area contributed by atoms with E-state index in [4.69, 9.17) is 16.3 Å². The average Bonchev–Trinajstić information content (AvgIpc) is 2.35. The van der Waals surface area contributed by atoms with E-state index in [1.165, 1.54) is 0 Å². The van der Waals surface area contributed by atoms with Gasteiger partial charge in [0.05, 0.1) is 5.52 Å². The van der Waals surface area contributed by atoms with E-state index < -0.39 is 0 Å². The van der Waals surface area contributed by atoms with Gasteiger partial charge < -0.3 is 4.74 Å². The third-order valence-corrected chi connectivity index (χ3v) is 2.59. The van der Waals surface area contributed by atoms with Crippen LogP contribution in [0, 0.1) is 0 Å². The molecule has 3 heteroatoms. The monoisotopic (exact) mass is 233 g/mol. The van der Waals surface area contributed by atoms with Crippen molar-refractivity contribution < 1.29 is 4.74 Å².